The maximum Gasteiger partial charge on any atom is 0.0295 e. The average Bonchev–Trinajstić information content (AvgIpc) is 1.67. The maximum absolute atomic E-state index is 5.68. The van der Waals surface area contributed by atoms with Crippen molar-refractivity contribution in [3.8, 4) is 0 Å². The summed E-state index contributed by atoms with van der Waals surface area (Å²) in [6, 6.07) is 0. The predicted octanol–water partition coefficient (Wildman–Crippen LogP) is 1.33. The predicted molar refractivity (Wildman–Crippen MR) is 36.5 cm³/mol. The SMILES string of the molecule is CCCN(Cl)N(C)C. The molecule has 0 saturated carbocycles. The number of halogens is 1. The molecule has 0 radical (unpaired) electrons. The Morgan fingerprint density at radius 3 is 2.00 bits per heavy atom. The minimum atomic E-state index is 0.911. The summed E-state index contributed by atoms with van der Waals surface area (Å²) in [6.45, 7) is 3.01. The van der Waals surface area contributed by atoms with Crippen molar-refractivity contribution in [1.82, 2.24) is 9.54 Å². The summed E-state index contributed by atoms with van der Waals surface area (Å²) in [5, 5.41) is 1.85. The van der Waals surface area contributed by atoms with Gasteiger partial charge in [-0.1, -0.05) is 6.92 Å². The zero-order valence-corrected chi connectivity index (χ0v) is 6.44. The third-order valence-corrected chi connectivity index (χ3v) is 1.31. The summed E-state index contributed by atoms with van der Waals surface area (Å²) in [5.74, 6) is 0. The minimum Gasteiger partial charge on any atom is -0.234 e. The first-order valence-corrected chi connectivity index (χ1v) is 3.12. The summed E-state index contributed by atoms with van der Waals surface area (Å²) in [4.78, 5) is 0. The quantitative estimate of drug-likeness (QED) is 0.427. The number of rotatable bonds is 3. The molecular weight excluding hydrogens is 124 g/mol. The van der Waals surface area contributed by atoms with Crippen molar-refractivity contribution >= 4 is 11.8 Å². The van der Waals surface area contributed by atoms with Crippen molar-refractivity contribution in [2.75, 3.05) is 20.6 Å². The molecule has 0 rings (SSSR count). The average molecular weight is 137 g/mol. The van der Waals surface area contributed by atoms with E-state index < -0.39 is 0 Å². The standard InChI is InChI=1S/C5H13ClN2/c1-4-5-8(6)7(2)3/h4-5H2,1-3H3. The van der Waals surface area contributed by atoms with Crippen LogP contribution in [0.2, 0.25) is 0 Å². The lowest BCUT2D eigenvalue weighted by molar-refractivity contribution is 0.132. The highest BCUT2D eigenvalue weighted by atomic mass is 35.5. The van der Waals surface area contributed by atoms with E-state index in [0.717, 1.165) is 13.0 Å². The summed E-state index contributed by atoms with van der Waals surface area (Å²) >= 11 is 5.68. The van der Waals surface area contributed by atoms with Crippen LogP contribution in [0.4, 0.5) is 0 Å². The highest BCUT2D eigenvalue weighted by molar-refractivity contribution is 6.12. The fourth-order valence-corrected chi connectivity index (χ4v) is 0.554. The first-order chi connectivity index (χ1) is 3.68. The number of hydrogen-bond acceptors (Lipinski definition) is 2. The Balaban J connectivity index is 3.17. The van der Waals surface area contributed by atoms with Crippen molar-refractivity contribution in [2.24, 2.45) is 0 Å². The topological polar surface area (TPSA) is 6.48 Å². The summed E-state index contributed by atoms with van der Waals surface area (Å²) in [7, 11) is 3.84. The van der Waals surface area contributed by atoms with Gasteiger partial charge in [-0.2, -0.15) is 4.53 Å². The molecule has 0 N–H and O–H groups in total. The first-order valence-electron chi connectivity index (χ1n) is 2.79. The second kappa shape index (κ2) is 4.13. The molecule has 0 aliphatic heterocycles. The van der Waals surface area contributed by atoms with Gasteiger partial charge in [0.1, 0.15) is 0 Å². The van der Waals surface area contributed by atoms with Gasteiger partial charge in [-0.3, -0.25) is 0 Å². The Morgan fingerprint density at radius 2 is 1.88 bits per heavy atom. The van der Waals surface area contributed by atoms with Gasteiger partial charge in [-0.05, 0) is 18.2 Å². The second-order valence-corrected chi connectivity index (χ2v) is 2.30. The molecule has 0 aromatic heterocycles. The van der Waals surface area contributed by atoms with Gasteiger partial charge in [-0.25, -0.2) is 5.01 Å². The molecule has 0 heterocycles. The normalized spacial score (nSPS) is 11.2. The molecule has 0 saturated heterocycles. The lowest BCUT2D eigenvalue weighted by atomic mass is 10.5. The van der Waals surface area contributed by atoms with E-state index in [1.54, 1.807) is 4.53 Å². The summed E-state index contributed by atoms with van der Waals surface area (Å²) in [6.07, 6.45) is 1.08. The molecular formula is C5H13ClN2. The van der Waals surface area contributed by atoms with Crippen molar-refractivity contribution in [2.45, 2.75) is 13.3 Å². The summed E-state index contributed by atoms with van der Waals surface area (Å²) in [5.41, 5.74) is 0. The van der Waals surface area contributed by atoms with E-state index in [9.17, 15) is 0 Å². The van der Waals surface area contributed by atoms with Gasteiger partial charge < -0.3 is 0 Å². The molecule has 0 aromatic carbocycles. The molecule has 0 atom stereocenters. The van der Waals surface area contributed by atoms with E-state index in [0.29, 0.717) is 0 Å². The molecule has 0 fully saturated rings. The van der Waals surface area contributed by atoms with Crippen LogP contribution in [0.1, 0.15) is 13.3 Å². The van der Waals surface area contributed by atoms with Crippen LogP contribution in [0, 0.1) is 0 Å². The van der Waals surface area contributed by atoms with E-state index in [1.807, 2.05) is 19.1 Å². The van der Waals surface area contributed by atoms with Crippen LogP contribution in [0.3, 0.4) is 0 Å². The van der Waals surface area contributed by atoms with Gasteiger partial charge >= 0.3 is 0 Å². The number of hydrazine groups is 1. The molecule has 0 bridgehead atoms. The van der Waals surface area contributed by atoms with Crippen LogP contribution < -0.4 is 0 Å². The van der Waals surface area contributed by atoms with E-state index in [4.69, 9.17) is 11.8 Å². The van der Waals surface area contributed by atoms with Crippen LogP contribution >= 0.6 is 11.8 Å². The zero-order valence-electron chi connectivity index (χ0n) is 5.69. The molecule has 50 valence electrons. The molecule has 0 aromatic rings. The van der Waals surface area contributed by atoms with Gasteiger partial charge in [0.25, 0.3) is 0 Å². The van der Waals surface area contributed by atoms with Crippen LogP contribution in [-0.4, -0.2) is 30.2 Å². The molecule has 2 nitrogen and oxygen atoms in total. The van der Waals surface area contributed by atoms with Crippen molar-refractivity contribution in [3.63, 3.8) is 0 Å². The van der Waals surface area contributed by atoms with Gasteiger partial charge in [-0.15, -0.1) is 0 Å². The highest BCUT2D eigenvalue weighted by Gasteiger charge is 1.98. The Kier molecular flexibility index (Phi) is 4.23. The van der Waals surface area contributed by atoms with Crippen molar-refractivity contribution < 1.29 is 0 Å². The lowest BCUT2D eigenvalue weighted by Crippen LogP contribution is -2.28. The molecule has 0 aliphatic rings. The van der Waals surface area contributed by atoms with E-state index >= 15 is 0 Å². The van der Waals surface area contributed by atoms with Gasteiger partial charge in [0.2, 0.25) is 0 Å². The third-order valence-electron chi connectivity index (χ3n) is 0.842. The van der Waals surface area contributed by atoms with Crippen LogP contribution in [0.5, 0.6) is 0 Å². The maximum atomic E-state index is 5.68. The molecule has 0 aliphatic carbocycles. The van der Waals surface area contributed by atoms with Gasteiger partial charge in [0.05, 0.1) is 0 Å². The molecule has 0 spiro atoms. The first kappa shape index (κ1) is 8.21. The van der Waals surface area contributed by atoms with E-state index in [2.05, 4.69) is 6.92 Å². The number of hydrogen-bond donors (Lipinski definition) is 0. The van der Waals surface area contributed by atoms with Crippen LogP contribution in [0.25, 0.3) is 0 Å². The van der Waals surface area contributed by atoms with Crippen LogP contribution in [0.15, 0.2) is 0 Å². The lowest BCUT2D eigenvalue weighted by Gasteiger charge is -2.19. The smallest absolute Gasteiger partial charge is 0.0295 e. The molecule has 8 heavy (non-hydrogen) atoms. The Morgan fingerprint density at radius 1 is 1.38 bits per heavy atom. The highest BCUT2D eigenvalue weighted by Crippen LogP contribution is 1.96. The number of nitrogens with zero attached hydrogens (tertiary/aromatic N) is 2. The fraction of sp³-hybridized carbons (Fsp3) is 1.00. The molecule has 0 unspecified atom stereocenters. The summed E-state index contributed by atoms with van der Waals surface area (Å²) < 4.78 is 1.65. The Bertz CT molecular complexity index is 56.4. The largest absolute Gasteiger partial charge is 0.234 e. The second-order valence-electron chi connectivity index (χ2n) is 1.91. The van der Waals surface area contributed by atoms with E-state index in [1.165, 1.54) is 0 Å². The van der Waals surface area contributed by atoms with Crippen molar-refractivity contribution in [3.05, 3.63) is 0 Å². The Hall–Kier alpha value is 0.210. The van der Waals surface area contributed by atoms with Crippen molar-refractivity contribution in [1.29, 1.82) is 0 Å². The Labute approximate surface area is 56.1 Å². The van der Waals surface area contributed by atoms with E-state index in [-0.39, 0.29) is 0 Å². The zero-order chi connectivity index (χ0) is 6.57. The third kappa shape index (κ3) is 3.24. The molecule has 0 amide bonds. The van der Waals surface area contributed by atoms with Gasteiger partial charge in [0.15, 0.2) is 0 Å². The molecule has 3 heteroatoms. The fourth-order valence-electron chi connectivity index (χ4n) is 0.385. The van der Waals surface area contributed by atoms with Crippen LogP contribution in [-0.2, 0) is 0 Å². The minimum absolute atomic E-state index is 0.911. The monoisotopic (exact) mass is 136 g/mol. The van der Waals surface area contributed by atoms with Gasteiger partial charge in [0, 0.05) is 20.6 Å².